The predicted molar refractivity (Wildman–Crippen MR) is 131 cm³/mol. The van der Waals surface area contributed by atoms with Crippen LogP contribution in [0.15, 0.2) is 75.9 Å². The van der Waals surface area contributed by atoms with Crippen LogP contribution < -0.4 is 15.5 Å². The van der Waals surface area contributed by atoms with Gasteiger partial charge in [-0.1, -0.05) is 42.5 Å². The van der Waals surface area contributed by atoms with Gasteiger partial charge < -0.3 is 24.3 Å². The summed E-state index contributed by atoms with van der Waals surface area (Å²) in [5.41, 5.74) is 0.0446. The van der Waals surface area contributed by atoms with Gasteiger partial charge in [-0.15, -0.1) is 0 Å². The standard InChI is InChI=1S/C27H25NO7/c1-27(2,3)35-26(32)28-19(13-16-9-5-4-6-10-16)25(31)33-17-14-20(29)23-22(15-17)34-21-12-8-7-11-18(21)24(23)30/h4-12,14-15,19,29H,13H2,1-3H3,(H,28,32). The van der Waals surface area contributed by atoms with E-state index in [1.807, 2.05) is 30.3 Å². The zero-order valence-corrected chi connectivity index (χ0v) is 19.5. The Bertz CT molecular complexity index is 1450. The normalized spacial score (nSPS) is 12.3. The molecule has 0 radical (unpaired) electrons. The monoisotopic (exact) mass is 475 g/mol. The minimum absolute atomic E-state index is 0.0174. The van der Waals surface area contributed by atoms with Crippen molar-refractivity contribution in [2.45, 2.75) is 38.8 Å². The van der Waals surface area contributed by atoms with E-state index in [0.29, 0.717) is 11.0 Å². The fraction of sp³-hybridized carbons (Fsp3) is 0.222. The van der Waals surface area contributed by atoms with Crippen molar-refractivity contribution in [3.05, 3.63) is 82.5 Å². The number of hydrogen-bond acceptors (Lipinski definition) is 7. The molecule has 3 aromatic carbocycles. The third kappa shape index (κ3) is 5.60. The highest BCUT2D eigenvalue weighted by Gasteiger charge is 2.27. The summed E-state index contributed by atoms with van der Waals surface area (Å²) in [4.78, 5) is 38.3. The zero-order chi connectivity index (χ0) is 25.2. The molecular weight excluding hydrogens is 450 g/mol. The fourth-order valence-electron chi connectivity index (χ4n) is 3.62. The Morgan fingerprint density at radius 1 is 1.00 bits per heavy atom. The van der Waals surface area contributed by atoms with Gasteiger partial charge in [0, 0.05) is 18.6 Å². The smallest absolute Gasteiger partial charge is 0.408 e. The molecule has 0 aliphatic rings. The Morgan fingerprint density at radius 2 is 1.69 bits per heavy atom. The first-order chi connectivity index (χ1) is 16.6. The van der Waals surface area contributed by atoms with Gasteiger partial charge in [0.05, 0.1) is 5.39 Å². The van der Waals surface area contributed by atoms with Gasteiger partial charge in [-0.05, 0) is 38.5 Å². The second kappa shape index (κ2) is 9.50. The van der Waals surface area contributed by atoms with Crippen molar-refractivity contribution in [3.63, 3.8) is 0 Å². The maximum absolute atomic E-state index is 13.1. The van der Waals surface area contributed by atoms with Crippen molar-refractivity contribution in [2.24, 2.45) is 0 Å². The molecule has 8 heteroatoms. The largest absolute Gasteiger partial charge is 0.507 e. The molecule has 0 aliphatic carbocycles. The van der Waals surface area contributed by atoms with Crippen molar-refractivity contribution in [1.82, 2.24) is 5.32 Å². The summed E-state index contributed by atoms with van der Waals surface area (Å²) in [5.74, 6) is -1.20. The van der Waals surface area contributed by atoms with Gasteiger partial charge >= 0.3 is 12.1 Å². The number of rotatable bonds is 5. The number of ether oxygens (including phenoxy) is 2. The van der Waals surface area contributed by atoms with E-state index in [0.717, 1.165) is 5.56 Å². The number of hydrogen-bond donors (Lipinski definition) is 2. The maximum atomic E-state index is 13.1. The van der Waals surface area contributed by atoms with Crippen LogP contribution in [0.25, 0.3) is 21.9 Å². The molecule has 8 nitrogen and oxygen atoms in total. The molecule has 0 fully saturated rings. The number of alkyl carbamates (subject to hydrolysis) is 1. The molecule has 0 saturated heterocycles. The number of phenols is 1. The first-order valence-corrected chi connectivity index (χ1v) is 11.0. The Balaban J connectivity index is 1.64. The summed E-state index contributed by atoms with van der Waals surface area (Å²) in [7, 11) is 0. The molecule has 1 amide bonds. The van der Waals surface area contributed by atoms with Gasteiger partial charge in [-0.3, -0.25) is 4.79 Å². The third-order valence-corrected chi connectivity index (χ3v) is 5.11. The molecule has 0 bridgehead atoms. The SMILES string of the molecule is CC(C)(C)OC(=O)NC(Cc1ccccc1)C(=O)Oc1cc(O)c2c(=O)c3ccccc3oc2c1. The lowest BCUT2D eigenvalue weighted by Gasteiger charge is -2.23. The van der Waals surface area contributed by atoms with E-state index in [-0.39, 0.29) is 28.9 Å². The lowest BCUT2D eigenvalue weighted by atomic mass is 10.1. The molecule has 4 rings (SSSR count). The Kier molecular flexibility index (Phi) is 6.46. The van der Waals surface area contributed by atoms with Crippen LogP contribution in [0.5, 0.6) is 11.5 Å². The van der Waals surface area contributed by atoms with Crippen molar-refractivity contribution < 1.29 is 28.6 Å². The molecule has 1 heterocycles. The van der Waals surface area contributed by atoms with E-state index in [4.69, 9.17) is 13.9 Å². The van der Waals surface area contributed by atoms with Gasteiger partial charge in [0.15, 0.2) is 0 Å². The average molecular weight is 475 g/mol. The molecule has 2 N–H and O–H groups in total. The highest BCUT2D eigenvalue weighted by Crippen LogP contribution is 2.30. The van der Waals surface area contributed by atoms with Gasteiger partial charge in [0.1, 0.15) is 39.7 Å². The van der Waals surface area contributed by atoms with Crippen LogP contribution in [-0.2, 0) is 16.0 Å². The summed E-state index contributed by atoms with van der Waals surface area (Å²) in [5, 5.41) is 13.4. The number of amides is 1. The van der Waals surface area contributed by atoms with E-state index >= 15 is 0 Å². The number of carbonyl (C=O) groups is 2. The number of carbonyl (C=O) groups excluding carboxylic acids is 2. The number of aromatic hydroxyl groups is 1. The Morgan fingerprint density at radius 3 is 2.40 bits per heavy atom. The highest BCUT2D eigenvalue weighted by molar-refractivity contribution is 5.94. The van der Waals surface area contributed by atoms with Gasteiger partial charge in [0.2, 0.25) is 5.43 Å². The molecule has 180 valence electrons. The molecule has 0 saturated carbocycles. The predicted octanol–water partition coefficient (Wildman–Crippen LogP) is 4.69. The molecule has 1 unspecified atom stereocenters. The van der Waals surface area contributed by atoms with Crippen LogP contribution >= 0.6 is 0 Å². The molecular formula is C27H25NO7. The average Bonchev–Trinajstić information content (AvgIpc) is 2.78. The van der Waals surface area contributed by atoms with Crippen molar-refractivity contribution in [1.29, 1.82) is 0 Å². The van der Waals surface area contributed by atoms with E-state index in [1.165, 1.54) is 12.1 Å². The lowest BCUT2D eigenvalue weighted by molar-refractivity contribution is -0.136. The molecule has 0 aliphatic heterocycles. The number of esters is 1. The van der Waals surface area contributed by atoms with Crippen LogP contribution in [-0.4, -0.2) is 28.8 Å². The molecule has 1 atom stereocenters. The van der Waals surface area contributed by atoms with Crippen LogP contribution in [0.3, 0.4) is 0 Å². The second-order valence-electron chi connectivity index (χ2n) is 9.05. The Labute approximate surface area is 201 Å². The first kappa shape index (κ1) is 23.8. The number of para-hydroxylation sites is 1. The summed E-state index contributed by atoms with van der Waals surface area (Å²) in [6.07, 6.45) is -0.618. The van der Waals surface area contributed by atoms with E-state index in [1.54, 1.807) is 45.0 Å². The number of phenolic OH excluding ortho intramolecular Hbond substituents is 1. The summed E-state index contributed by atoms with van der Waals surface area (Å²) in [6.45, 7) is 5.14. The highest BCUT2D eigenvalue weighted by atomic mass is 16.6. The molecule has 35 heavy (non-hydrogen) atoms. The molecule has 1 aromatic heterocycles. The minimum atomic E-state index is -1.08. The van der Waals surface area contributed by atoms with E-state index in [9.17, 15) is 19.5 Å². The van der Waals surface area contributed by atoms with Crippen molar-refractivity contribution in [2.75, 3.05) is 0 Å². The van der Waals surface area contributed by atoms with Crippen LogP contribution in [0.4, 0.5) is 4.79 Å². The van der Waals surface area contributed by atoms with Gasteiger partial charge in [-0.2, -0.15) is 0 Å². The number of fused-ring (bicyclic) bond motifs is 2. The number of nitrogens with one attached hydrogen (secondary N) is 1. The molecule has 4 aromatic rings. The third-order valence-electron chi connectivity index (χ3n) is 5.11. The van der Waals surface area contributed by atoms with Crippen molar-refractivity contribution in [3.8, 4) is 11.5 Å². The minimum Gasteiger partial charge on any atom is -0.507 e. The van der Waals surface area contributed by atoms with Crippen LogP contribution in [0, 0.1) is 0 Å². The first-order valence-electron chi connectivity index (χ1n) is 11.0. The van der Waals surface area contributed by atoms with E-state index in [2.05, 4.69) is 5.32 Å². The van der Waals surface area contributed by atoms with Gasteiger partial charge in [0.25, 0.3) is 0 Å². The summed E-state index contributed by atoms with van der Waals surface area (Å²) in [6, 6.07) is 17.2. The van der Waals surface area contributed by atoms with Crippen LogP contribution in [0.1, 0.15) is 26.3 Å². The van der Waals surface area contributed by atoms with Crippen molar-refractivity contribution >= 4 is 34.0 Å². The quantitative estimate of drug-likeness (QED) is 0.244. The van der Waals surface area contributed by atoms with E-state index < -0.39 is 29.1 Å². The number of benzene rings is 3. The Hall–Kier alpha value is -4.33. The zero-order valence-electron chi connectivity index (χ0n) is 19.5. The van der Waals surface area contributed by atoms with Gasteiger partial charge in [-0.25, -0.2) is 9.59 Å². The summed E-state index contributed by atoms with van der Waals surface area (Å²) >= 11 is 0. The van der Waals surface area contributed by atoms with Crippen LogP contribution in [0.2, 0.25) is 0 Å². The maximum Gasteiger partial charge on any atom is 0.408 e. The topological polar surface area (TPSA) is 115 Å². The molecule has 0 spiro atoms. The summed E-state index contributed by atoms with van der Waals surface area (Å²) < 4.78 is 16.5. The second-order valence-corrected chi connectivity index (χ2v) is 9.05. The lowest BCUT2D eigenvalue weighted by Crippen LogP contribution is -2.46. The fourth-order valence-corrected chi connectivity index (χ4v) is 3.62.